The summed E-state index contributed by atoms with van der Waals surface area (Å²) in [5.74, 6) is 0.278. The van der Waals surface area contributed by atoms with E-state index in [-0.39, 0.29) is 5.91 Å². The summed E-state index contributed by atoms with van der Waals surface area (Å²) in [5, 5.41) is 7.07. The zero-order valence-corrected chi connectivity index (χ0v) is 13.9. The molecule has 24 heavy (non-hydrogen) atoms. The monoisotopic (exact) mass is 329 g/mol. The van der Waals surface area contributed by atoms with E-state index in [0.717, 1.165) is 51.3 Å². The second kappa shape index (κ2) is 6.49. The first-order chi connectivity index (χ1) is 11.8. The van der Waals surface area contributed by atoms with Crippen LogP contribution >= 0.6 is 0 Å². The van der Waals surface area contributed by atoms with Gasteiger partial charge in [0, 0.05) is 45.0 Å². The van der Waals surface area contributed by atoms with Gasteiger partial charge in [-0.1, -0.05) is 0 Å². The Bertz CT molecular complexity index is 738. The molecule has 0 unspecified atom stereocenters. The van der Waals surface area contributed by atoms with Crippen molar-refractivity contribution < 1.29 is 9.53 Å². The minimum absolute atomic E-state index is 0.148. The first-order valence-electron chi connectivity index (χ1n) is 8.64. The predicted octanol–water partition coefficient (Wildman–Crippen LogP) is 1.06. The molecule has 2 aromatic rings. The van der Waals surface area contributed by atoms with Gasteiger partial charge in [0.05, 0.1) is 11.9 Å². The summed E-state index contributed by atoms with van der Waals surface area (Å²) in [6.45, 7) is 3.90. The number of hydrogen-bond acceptors (Lipinski definition) is 5. The topological polar surface area (TPSA) is 71.8 Å². The number of likely N-dealkylation sites (tertiary alicyclic amines) is 1. The minimum Gasteiger partial charge on any atom is -0.381 e. The molecule has 1 N–H and O–H groups in total. The predicted molar refractivity (Wildman–Crippen MR) is 89.1 cm³/mol. The summed E-state index contributed by atoms with van der Waals surface area (Å²) >= 11 is 0. The number of hydrogen-bond donors (Lipinski definition) is 1. The van der Waals surface area contributed by atoms with Crippen molar-refractivity contribution in [2.24, 2.45) is 0 Å². The Balaban J connectivity index is 1.58. The summed E-state index contributed by atoms with van der Waals surface area (Å²) in [6.07, 6.45) is 6.76. The summed E-state index contributed by atoms with van der Waals surface area (Å²) < 4.78 is 7.31. The van der Waals surface area contributed by atoms with Gasteiger partial charge in [0.1, 0.15) is 5.56 Å². The van der Waals surface area contributed by atoms with Crippen molar-refractivity contribution in [1.29, 1.82) is 0 Å². The summed E-state index contributed by atoms with van der Waals surface area (Å²) in [5.41, 5.74) is 2.31. The average molecular weight is 329 g/mol. The molecule has 7 heteroatoms. The van der Waals surface area contributed by atoms with Crippen LogP contribution in [0.3, 0.4) is 0 Å². The van der Waals surface area contributed by atoms with Crippen LogP contribution in [-0.2, 0) is 4.74 Å². The molecule has 0 spiro atoms. The van der Waals surface area contributed by atoms with Gasteiger partial charge in [0.25, 0.3) is 5.91 Å². The van der Waals surface area contributed by atoms with E-state index >= 15 is 0 Å². The summed E-state index contributed by atoms with van der Waals surface area (Å²) in [4.78, 5) is 18.9. The fourth-order valence-electron chi connectivity index (χ4n) is 3.92. The lowest BCUT2D eigenvalue weighted by atomic mass is 10.0. The third-order valence-corrected chi connectivity index (χ3v) is 5.25. The van der Waals surface area contributed by atoms with Crippen molar-refractivity contribution in [1.82, 2.24) is 24.8 Å². The highest BCUT2D eigenvalue weighted by molar-refractivity contribution is 5.99. The zero-order chi connectivity index (χ0) is 16.5. The molecule has 0 aromatic carbocycles. The van der Waals surface area contributed by atoms with Crippen LogP contribution in [0, 0.1) is 0 Å². The molecular weight excluding hydrogens is 306 g/mol. The van der Waals surface area contributed by atoms with E-state index in [1.165, 1.54) is 0 Å². The van der Waals surface area contributed by atoms with Crippen LogP contribution in [0.4, 0.5) is 0 Å². The molecule has 2 fully saturated rings. The Morgan fingerprint density at radius 1 is 1.33 bits per heavy atom. The van der Waals surface area contributed by atoms with E-state index in [0.29, 0.717) is 23.2 Å². The molecule has 1 amide bonds. The SMILES string of the molecule is CNC(=O)c1cnn2c([C@@H]3CCN(C4CCOCC4)C3)ccnc12. The fourth-order valence-corrected chi connectivity index (χ4v) is 3.92. The van der Waals surface area contributed by atoms with Crippen LogP contribution in [0.15, 0.2) is 18.5 Å². The Labute approximate surface area is 141 Å². The van der Waals surface area contributed by atoms with Gasteiger partial charge in [-0.05, 0) is 31.9 Å². The van der Waals surface area contributed by atoms with Crippen LogP contribution in [0.25, 0.3) is 5.65 Å². The van der Waals surface area contributed by atoms with E-state index < -0.39 is 0 Å². The Hall–Kier alpha value is -1.99. The molecule has 7 nitrogen and oxygen atoms in total. The third-order valence-electron chi connectivity index (χ3n) is 5.25. The summed E-state index contributed by atoms with van der Waals surface area (Å²) in [7, 11) is 1.62. The number of fused-ring (bicyclic) bond motifs is 1. The number of amides is 1. The molecule has 0 aliphatic carbocycles. The quantitative estimate of drug-likeness (QED) is 0.911. The second-order valence-electron chi connectivity index (χ2n) is 6.57. The van der Waals surface area contributed by atoms with Gasteiger partial charge in [-0.15, -0.1) is 0 Å². The molecule has 4 heterocycles. The van der Waals surface area contributed by atoms with Gasteiger partial charge in [-0.2, -0.15) is 5.10 Å². The maximum atomic E-state index is 12.0. The normalized spacial score (nSPS) is 23.0. The largest absolute Gasteiger partial charge is 0.381 e. The molecular formula is C17H23N5O2. The molecule has 2 aromatic heterocycles. The number of carbonyl (C=O) groups excluding carboxylic acids is 1. The minimum atomic E-state index is -0.148. The van der Waals surface area contributed by atoms with Gasteiger partial charge in [-0.25, -0.2) is 9.50 Å². The van der Waals surface area contributed by atoms with Crippen LogP contribution in [0.5, 0.6) is 0 Å². The first kappa shape index (κ1) is 15.5. The van der Waals surface area contributed by atoms with Gasteiger partial charge in [0.15, 0.2) is 5.65 Å². The fraction of sp³-hybridized carbons (Fsp3) is 0.588. The highest BCUT2D eigenvalue weighted by Crippen LogP contribution is 2.30. The van der Waals surface area contributed by atoms with Crippen molar-refractivity contribution in [3.63, 3.8) is 0 Å². The summed E-state index contributed by atoms with van der Waals surface area (Å²) in [6, 6.07) is 2.67. The number of nitrogens with zero attached hydrogens (tertiary/aromatic N) is 4. The smallest absolute Gasteiger partial charge is 0.256 e. The lowest BCUT2D eigenvalue weighted by Crippen LogP contribution is -2.37. The van der Waals surface area contributed by atoms with Crippen LogP contribution in [0.1, 0.15) is 41.2 Å². The number of aromatic nitrogens is 3. The highest BCUT2D eigenvalue weighted by Gasteiger charge is 2.31. The van der Waals surface area contributed by atoms with E-state index in [1.807, 2.05) is 10.6 Å². The molecule has 128 valence electrons. The highest BCUT2D eigenvalue weighted by atomic mass is 16.5. The van der Waals surface area contributed by atoms with Crippen molar-refractivity contribution >= 4 is 11.6 Å². The number of carbonyl (C=O) groups is 1. The maximum absolute atomic E-state index is 12.0. The number of ether oxygens (including phenoxy) is 1. The molecule has 2 aliphatic rings. The third kappa shape index (κ3) is 2.67. The molecule has 0 saturated carbocycles. The Morgan fingerprint density at radius 2 is 2.17 bits per heavy atom. The van der Waals surface area contributed by atoms with E-state index in [9.17, 15) is 4.79 Å². The molecule has 4 rings (SSSR count). The van der Waals surface area contributed by atoms with Crippen molar-refractivity contribution in [3.05, 3.63) is 29.7 Å². The van der Waals surface area contributed by atoms with Crippen molar-refractivity contribution in [2.75, 3.05) is 33.4 Å². The van der Waals surface area contributed by atoms with E-state index in [2.05, 4.69) is 20.3 Å². The van der Waals surface area contributed by atoms with E-state index in [4.69, 9.17) is 4.74 Å². The van der Waals surface area contributed by atoms with Crippen LogP contribution in [-0.4, -0.2) is 64.8 Å². The molecule has 1 atom stereocenters. The molecule has 0 radical (unpaired) electrons. The second-order valence-corrected chi connectivity index (χ2v) is 6.57. The van der Waals surface area contributed by atoms with Crippen LogP contribution in [0.2, 0.25) is 0 Å². The zero-order valence-electron chi connectivity index (χ0n) is 13.9. The van der Waals surface area contributed by atoms with Crippen molar-refractivity contribution in [3.8, 4) is 0 Å². The van der Waals surface area contributed by atoms with Crippen LogP contribution < -0.4 is 5.32 Å². The Morgan fingerprint density at radius 3 is 2.96 bits per heavy atom. The van der Waals surface area contributed by atoms with Gasteiger partial charge >= 0.3 is 0 Å². The maximum Gasteiger partial charge on any atom is 0.256 e. The van der Waals surface area contributed by atoms with Gasteiger partial charge < -0.3 is 10.1 Å². The first-order valence-corrected chi connectivity index (χ1v) is 8.64. The molecule has 2 saturated heterocycles. The van der Waals surface area contributed by atoms with Gasteiger partial charge in [0.2, 0.25) is 0 Å². The number of nitrogens with one attached hydrogen (secondary N) is 1. The Kier molecular flexibility index (Phi) is 4.20. The molecule has 2 aliphatic heterocycles. The molecule has 0 bridgehead atoms. The van der Waals surface area contributed by atoms with Gasteiger partial charge in [-0.3, -0.25) is 9.69 Å². The average Bonchev–Trinajstić information content (AvgIpc) is 3.29. The van der Waals surface area contributed by atoms with Crippen molar-refractivity contribution in [2.45, 2.75) is 31.2 Å². The lowest BCUT2D eigenvalue weighted by Gasteiger charge is -2.31. The number of rotatable bonds is 3. The lowest BCUT2D eigenvalue weighted by molar-refractivity contribution is 0.0419. The standard InChI is InChI=1S/C17H23N5O2/c1-18-17(23)14-10-20-22-15(2-6-19-16(14)22)12-3-7-21(11-12)13-4-8-24-9-5-13/h2,6,10,12-13H,3-5,7-9,11H2,1H3,(H,18,23)/t12-/m1/s1. The van der Waals surface area contributed by atoms with E-state index in [1.54, 1.807) is 19.4 Å².